The molecular weight excluding hydrogens is 192 g/mol. The predicted molar refractivity (Wildman–Crippen MR) is 55.4 cm³/mol. The van der Waals surface area contributed by atoms with Crippen LogP contribution in [0.1, 0.15) is 23.2 Å². The molecule has 0 fully saturated rings. The number of nitrogens with zero attached hydrogens (tertiary/aromatic N) is 3. The van der Waals surface area contributed by atoms with Crippen molar-refractivity contribution in [3.8, 4) is 11.9 Å². The van der Waals surface area contributed by atoms with Gasteiger partial charge in [-0.05, 0) is 32.4 Å². The van der Waals surface area contributed by atoms with Crippen molar-refractivity contribution in [2.75, 3.05) is 13.2 Å². The van der Waals surface area contributed by atoms with E-state index in [1.54, 1.807) is 0 Å². The fourth-order valence-electron chi connectivity index (χ4n) is 1.07. The first-order valence-electron chi connectivity index (χ1n) is 4.77. The summed E-state index contributed by atoms with van der Waals surface area (Å²) in [6, 6.07) is 2.07. The second kappa shape index (κ2) is 5.27. The number of aryl methyl sites for hydroxylation is 1. The number of rotatable bonds is 4. The van der Waals surface area contributed by atoms with Crippen LogP contribution in [0.5, 0.6) is 5.88 Å². The van der Waals surface area contributed by atoms with Crippen molar-refractivity contribution in [2.24, 2.45) is 5.73 Å². The van der Waals surface area contributed by atoms with Crippen LogP contribution in [0.3, 0.4) is 0 Å². The zero-order valence-corrected chi connectivity index (χ0v) is 8.95. The van der Waals surface area contributed by atoms with E-state index in [-0.39, 0.29) is 0 Å². The highest BCUT2D eigenvalue weighted by Gasteiger charge is 2.11. The minimum Gasteiger partial charge on any atom is -0.476 e. The summed E-state index contributed by atoms with van der Waals surface area (Å²) in [4.78, 5) is 0. The maximum atomic E-state index is 8.96. The third-order valence-electron chi connectivity index (χ3n) is 2.12. The first-order chi connectivity index (χ1) is 7.20. The molecule has 0 radical (unpaired) electrons. The molecule has 1 rings (SSSR count). The molecule has 0 aromatic carbocycles. The highest BCUT2D eigenvalue weighted by Crippen LogP contribution is 2.18. The molecule has 0 aliphatic carbocycles. The standard InChI is InChI=1S/C10H14N4O/c1-7-8(2)13-14-10(9(7)6-12)15-5-3-4-11/h3-5,11H2,1-2H3. The van der Waals surface area contributed by atoms with Crippen LogP contribution in [0.15, 0.2) is 0 Å². The first kappa shape index (κ1) is 11.4. The predicted octanol–water partition coefficient (Wildman–Crippen LogP) is 0.693. The number of hydrogen-bond acceptors (Lipinski definition) is 5. The van der Waals surface area contributed by atoms with Gasteiger partial charge in [0, 0.05) is 0 Å². The summed E-state index contributed by atoms with van der Waals surface area (Å²) < 4.78 is 5.33. The van der Waals surface area contributed by atoms with Crippen LogP contribution in [-0.4, -0.2) is 23.3 Å². The van der Waals surface area contributed by atoms with Gasteiger partial charge in [0.1, 0.15) is 11.6 Å². The van der Waals surface area contributed by atoms with E-state index in [0.29, 0.717) is 24.6 Å². The van der Waals surface area contributed by atoms with Crippen LogP contribution in [-0.2, 0) is 0 Å². The summed E-state index contributed by atoms with van der Waals surface area (Å²) in [5.74, 6) is 0.300. The van der Waals surface area contributed by atoms with Crippen molar-refractivity contribution >= 4 is 0 Å². The Kier molecular flexibility index (Phi) is 4.01. The fraction of sp³-hybridized carbons (Fsp3) is 0.500. The van der Waals surface area contributed by atoms with Gasteiger partial charge < -0.3 is 10.5 Å². The van der Waals surface area contributed by atoms with Crippen molar-refractivity contribution in [3.63, 3.8) is 0 Å². The number of nitrogens with two attached hydrogens (primary N) is 1. The largest absolute Gasteiger partial charge is 0.476 e. The van der Waals surface area contributed by atoms with Gasteiger partial charge >= 0.3 is 0 Å². The van der Waals surface area contributed by atoms with E-state index in [1.165, 1.54) is 0 Å². The molecule has 0 bridgehead atoms. The molecule has 0 saturated carbocycles. The highest BCUT2D eigenvalue weighted by atomic mass is 16.5. The van der Waals surface area contributed by atoms with E-state index in [4.69, 9.17) is 15.7 Å². The molecule has 0 spiro atoms. The van der Waals surface area contributed by atoms with Gasteiger partial charge in [0.25, 0.3) is 5.88 Å². The lowest BCUT2D eigenvalue weighted by Crippen LogP contribution is -2.09. The maximum absolute atomic E-state index is 8.96. The van der Waals surface area contributed by atoms with Crippen LogP contribution in [0.2, 0.25) is 0 Å². The van der Waals surface area contributed by atoms with E-state index in [2.05, 4.69) is 16.3 Å². The van der Waals surface area contributed by atoms with Gasteiger partial charge in [-0.2, -0.15) is 10.4 Å². The molecule has 15 heavy (non-hydrogen) atoms. The van der Waals surface area contributed by atoms with E-state index >= 15 is 0 Å². The van der Waals surface area contributed by atoms with Gasteiger partial charge in [0.2, 0.25) is 0 Å². The van der Waals surface area contributed by atoms with Gasteiger partial charge in [-0.15, -0.1) is 5.10 Å². The van der Waals surface area contributed by atoms with Crippen LogP contribution in [0.4, 0.5) is 0 Å². The second-order valence-electron chi connectivity index (χ2n) is 3.19. The van der Waals surface area contributed by atoms with Crippen molar-refractivity contribution < 1.29 is 4.74 Å². The maximum Gasteiger partial charge on any atom is 0.251 e. The molecule has 5 heteroatoms. The molecule has 0 atom stereocenters. The molecule has 1 aromatic rings. The van der Waals surface area contributed by atoms with Gasteiger partial charge in [0.15, 0.2) is 0 Å². The summed E-state index contributed by atoms with van der Waals surface area (Å²) >= 11 is 0. The summed E-state index contributed by atoms with van der Waals surface area (Å²) in [6.07, 6.45) is 0.736. The summed E-state index contributed by atoms with van der Waals surface area (Å²) in [7, 11) is 0. The average molecular weight is 206 g/mol. The van der Waals surface area contributed by atoms with Gasteiger partial charge in [-0.25, -0.2) is 0 Å². The Morgan fingerprint density at radius 1 is 1.40 bits per heavy atom. The molecule has 1 heterocycles. The SMILES string of the molecule is Cc1nnc(OCCCN)c(C#N)c1C. The summed E-state index contributed by atoms with van der Waals surface area (Å²) in [6.45, 7) is 4.66. The van der Waals surface area contributed by atoms with Gasteiger partial charge in [-0.1, -0.05) is 0 Å². The monoisotopic (exact) mass is 206 g/mol. The van der Waals surface area contributed by atoms with Crippen LogP contribution in [0.25, 0.3) is 0 Å². The lowest BCUT2D eigenvalue weighted by molar-refractivity contribution is 0.296. The molecule has 5 nitrogen and oxygen atoms in total. The smallest absolute Gasteiger partial charge is 0.251 e. The third kappa shape index (κ3) is 2.64. The molecule has 80 valence electrons. The molecule has 0 saturated heterocycles. The molecule has 0 unspecified atom stereocenters. The normalized spacial score (nSPS) is 9.73. The van der Waals surface area contributed by atoms with E-state index in [0.717, 1.165) is 17.7 Å². The summed E-state index contributed by atoms with van der Waals surface area (Å²) in [5.41, 5.74) is 7.36. The molecule has 1 aromatic heterocycles. The number of hydrogen-bond donors (Lipinski definition) is 1. The first-order valence-corrected chi connectivity index (χ1v) is 4.77. The quantitative estimate of drug-likeness (QED) is 0.733. The van der Waals surface area contributed by atoms with Crippen LogP contribution < -0.4 is 10.5 Å². The Hall–Kier alpha value is -1.67. The lowest BCUT2D eigenvalue weighted by Gasteiger charge is -2.07. The Bertz CT molecular complexity index is 384. The third-order valence-corrected chi connectivity index (χ3v) is 2.12. The van der Waals surface area contributed by atoms with E-state index in [1.807, 2.05) is 13.8 Å². The highest BCUT2D eigenvalue weighted by molar-refractivity contribution is 5.44. The number of nitriles is 1. The topological polar surface area (TPSA) is 84.8 Å². The lowest BCUT2D eigenvalue weighted by atomic mass is 10.1. The minimum absolute atomic E-state index is 0.300. The van der Waals surface area contributed by atoms with E-state index in [9.17, 15) is 0 Å². The Morgan fingerprint density at radius 3 is 2.73 bits per heavy atom. The van der Waals surface area contributed by atoms with Crippen LogP contribution in [0, 0.1) is 25.2 Å². The van der Waals surface area contributed by atoms with Crippen LogP contribution >= 0.6 is 0 Å². The van der Waals surface area contributed by atoms with Gasteiger partial charge in [-0.3, -0.25) is 0 Å². The van der Waals surface area contributed by atoms with Crippen molar-refractivity contribution in [1.82, 2.24) is 10.2 Å². The molecular formula is C10H14N4O. The van der Waals surface area contributed by atoms with Crippen molar-refractivity contribution in [3.05, 3.63) is 16.8 Å². The minimum atomic E-state index is 0.300. The zero-order valence-electron chi connectivity index (χ0n) is 8.95. The van der Waals surface area contributed by atoms with Gasteiger partial charge in [0.05, 0.1) is 12.3 Å². The molecule has 0 aliphatic heterocycles. The van der Waals surface area contributed by atoms with Crippen molar-refractivity contribution in [1.29, 1.82) is 5.26 Å². The van der Waals surface area contributed by atoms with E-state index < -0.39 is 0 Å². The Labute approximate surface area is 88.9 Å². The zero-order chi connectivity index (χ0) is 11.3. The molecule has 2 N–H and O–H groups in total. The van der Waals surface area contributed by atoms with Crippen molar-refractivity contribution in [2.45, 2.75) is 20.3 Å². The fourth-order valence-corrected chi connectivity index (χ4v) is 1.07. The number of ether oxygens (including phenoxy) is 1. The Balaban J connectivity index is 2.89. The number of aromatic nitrogens is 2. The summed E-state index contributed by atoms with van der Waals surface area (Å²) in [5, 5.41) is 16.7. The second-order valence-corrected chi connectivity index (χ2v) is 3.19. The average Bonchev–Trinajstić information content (AvgIpc) is 2.24. The Morgan fingerprint density at radius 2 is 2.13 bits per heavy atom. The molecule has 0 aliphatic rings. The molecule has 0 amide bonds.